The minimum atomic E-state index is -0.425. The quantitative estimate of drug-likeness (QED) is 0.253. The van der Waals surface area contributed by atoms with Crippen LogP contribution in [0.4, 0.5) is 5.69 Å². The number of nitrogens with one attached hydrogen (secondary N) is 1. The molecule has 0 radical (unpaired) electrons. The van der Waals surface area contributed by atoms with E-state index in [0.717, 1.165) is 42.5 Å². The van der Waals surface area contributed by atoms with Gasteiger partial charge < -0.3 is 14.8 Å². The van der Waals surface area contributed by atoms with Crippen molar-refractivity contribution in [3.63, 3.8) is 0 Å². The SMILES string of the molecule is CC[C@H](C)[C@@H](CN(Cc1ccccc1)C(=O)C1CCC1)NC(=O)Cc1cncn1Cc1ccc([N+](=O)[O-])cc1. The van der Waals surface area contributed by atoms with Crippen molar-refractivity contribution in [2.24, 2.45) is 11.8 Å². The Morgan fingerprint density at radius 3 is 2.46 bits per heavy atom. The molecule has 1 heterocycles. The van der Waals surface area contributed by atoms with Crippen LogP contribution in [-0.2, 0) is 29.1 Å². The molecule has 9 heteroatoms. The Morgan fingerprint density at radius 1 is 1.13 bits per heavy atom. The second kappa shape index (κ2) is 13.2. The second-order valence-electron chi connectivity index (χ2n) is 10.5. The number of aromatic nitrogens is 2. The van der Waals surface area contributed by atoms with E-state index in [4.69, 9.17) is 0 Å². The Kier molecular flexibility index (Phi) is 9.46. The van der Waals surface area contributed by atoms with E-state index in [9.17, 15) is 19.7 Å². The summed E-state index contributed by atoms with van der Waals surface area (Å²) in [6.07, 6.45) is 7.32. The molecule has 206 valence electrons. The van der Waals surface area contributed by atoms with Gasteiger partial charge in [-0.1, -0.05) is 69.2 Å². The minimum Gasteiger partial charge on any atom is -0.351 e. The number of carbonyl (C=O) groups is 2. The number of benzene rings is 2. The molecule has 1 fully saturated rings. The number of non-ortho nitro benzene ring substituents is 1. The number of hydrogen-bond acceptors (Lipinski definition) is 5. The van der Waals surface area contributed by atoms with Crippen LogP contribution in [0.5, 0.6) is 0 Å². The lowest BCUT2D eigenvalue weighted by Crippen LogP contribution is -2.50. The number of carbonyl (C=O) groups excluding carboxylic acids is 2. The first kappa shape index (κ1) is 28.0. The van der Waals surface area contributed by atoms with E-state index in [-0.39, 0.29) is 41.8 Å². The number of rotatable bonds is 13. The van der Waals surface area contributed by atoms with E-state index in [0.29, 0.717) is 19.6 Å². The monoisotopic (exact) mass is 531 g/mol. The number of nitro groups is 1. The van der Waals surface area contributed by atoms with Crippen molar-refractivity contribution >= 4 is 17.5 Å². The van der Waals surface area contributed by atoms with Gasteiger partial charge in [0.15, 0.2) is 0 Å². The van der Waals surface area contributed by atoms with Gasteiger partial charge in [0.2, 0.25) is 11.8 Å². The van der Waals surface area contributed by atoms with E-state index in [1.54, 1.807) is 24.7 Å². The molecule has 1 saturated carbocycles. The van der Waals surface area contributed by atoms with Gasteiger partial charge >= 0.3 is 0 Å². The smallest absolute Gasteiger partial charge is 0.269 e. The predicted octanol–water partition coefficient (Wildman–Crippen LogP) is 4.74. The van der Waals surface area contributed by atoms with Gasteiger partial charge in [-0.05, 0) is 29.9 Å². The van der Waals surface area contributed by atoms with E-state index in [1.165, 1.54) is 12.1 Å². The molecule has 2 amide bonds. The van der Waals surface area contributed by atoms with Crippen LogP contribution in [0.3, 0.4) is 0 Å². The fraction of sp³-hybridized carbons (Fsp3) is 0.433. The summed E-state index contributed by atoms with van der Waals surface area (Å²) in [6.45, 7) is 5.65. The lowest BCUT2D eigenvalue weighted by Gasteiger charge is -2.36. The van der Waals surface area contributed by atoms with Gasteiger partial charge in [0.05, 0.1) is 17.7 Å². The lowest BCUT2D eigenvalue weighted by atomic mass is 9.84. The molecule has 2 atom stereocenters. The van der Waals surface area contributed by atoms with Crippen molar-refractivity contribution in [1.82, 2.24) is 19.8 Å². The van der Waals surface area contributed by atoms with Gasteiger partial charge in [-0.25, -0.2) is 4.98 Å². The molecule has 1 aliphatic carbocycles. The van der Waals surface area contributed by atoms with E-state index < -0.39 is 4.92 Å². The third-order valence-corrected chi connectivity index (χ3v) is 7.72. The largest absolute Gasteiger partial charge is 0.351 e. The standard InChI is InChI=1S/C30H37N5O4/c1-3-22(2)28(20-33(30(37)25-10-7-11-25)18-23-8-5-4-6-9-23)32-29(36)16-27-17-31-21-34(27)19-24-12-14-26(15-13-24)35(38)39/h4-6,8-9,12-15,17,21-22,25,28H,3,7,10-11,16,18-20H2,1-2H3,(H,32,36)/t22-,28+/m0/s1. The van der Waals surface area contributed by atoms with Crippen molar-refractivity contribution < 1.29 is 14.5 Å². The Hall–Kier alpha value is -4.01. The molecule has 3 aromatic rings. The number of amides is 2. The van der Waals surface area contributed by atoms with Crippen molar-refractivity contribution in [3.8, 4) is 0 Å². The van der Waals surface area contributed by atoms with E-state index in [2.05, 4.69) is 24.1 Å². The van der Waals surface area contributed by atoms with Gasteiger partial charge in [0, 0.05) is 55.6 Å². The van der Waals surface area contributed by atoms with Crippen molar-refractivity contribution in [2.45, 2.75) is 65.1 Å². The molecule has 9 nitrogen and oxygen atoms in total. The molecule has 1 N–H and O–H groups in total. The zero-order valence-electron chi connectivity index (χ0n) is 22.7. The summed E-state index contributed by atoms with van der Waals surface area (Å²) in [5.41, 5.74) is 2.75. The first-order chi connectivity index (χ1) is 18.8. The van der Waals surface area contributed by atoms with E-state index in [1.807, 2.05) is 39.8 Å². The zero-order chi connectivity index (χ0) is 27.8. The van der Waals surface area contributed by atoms with Gasteiger partial charge in [-0.2, -0.15) is 0 Å². The number of hydrogen-bond donors (Lipinski definition) is 1. The highest BCUT2D eigenvalue weighted by Gasteiger charge is 2.32. The fourth-order valence-electron chi connectivity index (χ4n) is 4.82. The van der Waals surface area contributed by atoms with Crippen molar-refractivity contribution in [3.05, 3.63) is 94.1 Å². The van der Waals surface area contributed by atoms with Gasteiger partial charge in [-0.15, -0.1) is 0 Å². The Labute approximate surface area is 229 Å². The molecule has 0 unspecified atom stereocenters. The highest BCUT2D eigenvalue weighted by atomic mass is 16.6. The summed E-state index contributed by atoms with van der Waals surface area (Å²) in [7, 11) is 0. The average Bonchev–Trinajstić information content (AvgIpc) is 3.33. The summed E-state index contributed by atoms with van der Waals surface area (Å²) in [6, 6.07) is 16.2. The molecule has 0 spiro atoms. The Bertz CT molecular complexity index is 1250. The normalized spacial score (nSPS) is 14.7. The highest BCUT2D eigenvalue weighted by molar-refractivity contribution is 5.80. The maximum atomic E-state index is 13.4. The summed E-state index contributed by atoms with van der Waals surface area (Å²) in [4.78, 5) is 43.3. The Morgan fingerprint density at radius 2 is 1.85 bits per heavy atom. The van der Waals surface area contributed by atoms with Crippen LogP contribution in [-0.4, -0.2) is 43.8 Å². The van der Waals surface area contributed by atoms with Crippen molar-refractivity contribution in [2.75, 3.05) is 6.54 Å². The molecule has 1 aromatic heterocycles. The number of imidazole rings is 1. The van der Waals surface area contributed by atoms with Crippen LogP contribution in [0.2, 0.25) is 0 Å². The number of nitrogens with zero attached hydrogens (tertiary/aromatic N) is 4. The molecule has 0 saturated heterocycles. The molecule has 4 rings (SSSR count). The van der Waals surface area contributed by atoms with Crippen LogP contribution >= 0.6 is 0 Å². The first-order valence-electron chi connectivity index (χ1n) is 13.7. The highest BCUT2D eigenvalue weighted by Crippen LogP contribution is 2.29. The van der Waals surface area contributed by atoms with Crippen LogP contribution in [0.1, 0.15) is 56.4 Å². The molecule has 39 heavy (non-hydrogen) atoms. The van der Waals surface area contributed by atoms with Crippen LogP contribution in [0, 0.1) is 22.0 Å². The van der Waals surface area contributed by atoms with E-state index >= 15 is 0 Å². The summed E-state index contributed by atoms with van der Waals surface area (Å²) < 4.78 is 1.88. The van der Waals surface area contributed by atoms with Gasteiger partial charge in [0.1, 0.15) is 0 Å². The third-order valence-electron chi connectivity index (χ3n) is 7.72. The molecule has 1 aliphatic rings. The molecule has 0 aliphatic heterocycles. The minimum absolute atomic E-state index is 0.0390. The second-order valence-corrected chi connectivity index (χ2v) is 10.5. The van der Waals surface area contributed by atoms with Crippen LogP contribution in [0.15, 0.2) is 67.1 Å². The molecule has 2 aromatic carbocycles. The van der Waals surface area contributed by atoms with Crippen LogP contribution in [0.25, 0.3) is 0 Å². The van der Waals surface area contributed by atoms with Crippen LogP contribution < -0.4 is 5.32 Å². The Balaban J connectivity index is 1.43. The summed E-state index contributed by atoms with van der Waals surface area (Å²) in [5, 5.41) is 14.1. The molecule has 0 bridgehead atoms. The maximum absolute atomic E-state index is 13.4. The maximum Gasteiger partial charge on any atom is 0.269 e. The molecular weight excluding hydrogens is 494 g/mol. The molecular formula is C30H37N5O4. The predicted molar refractivity (Wildman–Crippen MR) is 149 cm³/mol. The average molecular weight is 532 g/mol. The fourth-order valence-corrected chi connectivity index (χ4v) is 4.82. The zero-order valence-corrected chi connectivity index (χ0v) is 22.7. The summed E-state index contributed by atoms with van der Waals surface area (Å²) in [5.74, 6) is 0.317. The number of nitro benzene ring substituents is 1. The van der Waals surface area contributed by atoms with Gasteiger partial charge in [0.25, 0.3) is 5.69 Å². The lowest BCUT2D eigenvalue weighted by molar-refractivity contribution is -0.384. The summed E-state index contributed by atoms with van der Waals surface area (Å²) >= 11 is 0. The first-order valence-corrected chi connectivity index (χ1v) is 13.7. The topological polar surface area (TPSA) is 110 Å². The van der Waals surface area contributed by atoms with Gasteiger partial charge in [-0.3, -0.25) is 19.7 Å². The van der Waals surface area contributed by atoms with Crippen molar-refractivity contribution in [1.29, 1.82) is 0 Å². The third kappa shape index (κ3) is 7.52.